The predicted molar refractivity (Wildman–Crippen MR) is 98.7 cm³/mol. The zero-order valence-corrected chi connectivity index (χ0v) is 16.6. The van der Waals surface area contributed by atoms with Crippen molar-refractivity contribution in [3.05, 3.63) is 11.9 Å². The van der Waals surface area contributed by atoms with Crippen LogP contribution in [0.5, 0.6) is 0 Å². The monoisotopic (exact) mass is 379 g/mol. The van der Waals surface area contributed by atoms with Crippen LogP contribution in [-0.4, -0.2) is 50.5 Å². The van der Waals surface area contributed by atoms with Crippen molar-refractivity contribution in [2.24, 2.45) is 5.92 Å². The molecule has 2 N–H and O–H groups in total. The van der Waals surface area contributed by atoms with Gasteiger partial charge in [0.2, 0.25) is 11.8 Å². The van der Waals surface area contributed by atoms with E-state index in [2.05, 4.69) is 20.9 Å². The average Bonchev–Trinajstić information content (AvgIpc) is 3.04. The smallest absolute Gasteiger partial charge is 0.220 e. The van der Waals surface area contributed by atoms with Gasteiger partial charge < -0.3 is 10.6 Å². The van der Waals surface area contributed by atoms with Crippen LogP contribution in [-0.2, 0) is 32.1 Å². The van der Waals surface area contributed by atoms with E-state index < -0.39 is 12.1 Å². The van der Waals surface area contributed by atoms with Gasteiger partial charge in [-0.15, -0.1) is 5.10 Å². The van der Waals surface area contributed by atoms with Crippen LogP contribution in [0, 0.1) is 5.92 Å². The number of nitrogens with zero attached hydrogens (tertiary/aromatic N) is 3. The Morgan fingerprint density at radius 3 is 2.37 bits per heavy atom. The lowest BCUT2D eigenvalue weighted by atomic mass is 10.0. The van der Waals surface area contributed by atoms with Gasteiger partial charge >= 0.3 is 0 Å². The number of aryl methyl sites for hydroxylation is 1. The van der Waals surface area contributed by atoms with E-state index in [1.807, 2.05) is 0 Å². The number of nitrogens with one attached hydrogen (secondary N) is 2. The molecule has 9 heteroatoms. The number of aromatic nitrogens is 3. The molecule has 0 fully saturated rings. The van der Waals surface area contributed by atoms with E-state index in [9.17, 15) is 19.2 Å². The van der Waals surface area contributed by atoms with Crippen LogP contribution >= 0.6 is 0 Å². The van der Waals surface area contributed by atoms with Gasteiger partial charge in [-0.05, 0) is 6.92 Å². The molecule has 9 nitrogen and oxygen atoms in total. The fourth-order valence-electron chi connectivity index (χ4n) is 2.58. The summed E-state index contributed by atoms with van der Waals surface area (Å²) >= 11 is 0. The first-order valence-electron chi connectivity index (χ1n) is 9.15. The summed E-state index contributed by atoms with van der Waals surface area (Å²) in [5, 5.41) is 13.2. The molecular weight excluding hydrogens is 350 g/mol. The number of carbonyl (C=O) groups excluding carboxylic acids is 4. The maximum Gasteiger partial charge on any atom is 0.220 e. The summed E-state index contributed by atoms with van der Waals surface area (Å²) in [5.74, 6) is -0.765. The van der Waals surface area contributed by atoms with Gasteiger partial charge in [0.1, 0.15) is 6.04 Å². The second-order valence-corrected chi connectivity index (χ2v) is 6.85. The van der Waals surface area contributed by atoms with Crippen LogP contribution in [0.1, 0.15) is 53.2 Å². The lowest BCUT2D eigenvalue weighted by Crippen LogP contribution is -2.42. The lowest BCUT2D eigenvalue weighted by Gasteiger charge is -2.15. The SMILES string of the molecule is CCC(=O)[C@@H](Cn1cc(CCC(=O)N[C@@H](C)C(=O)C(C)C)nn1)NC(C)=O. The highest BCUT2D eigenvalue weighted by atomic mass is 16.2. The highest BCUT2D eigenvalue weighted by molar-refractivity contribution is 5.90. The highest BCUT2D eigenvalue weighted by Crippen LogP contribution is 2.03. The van der Waals surface area contributed by atoms with Crippen molar-refractivity contribution < 1.29 is 19.2 Å². The van der Waals surface area contributed by atoms with E-state index >= 15 is 0 Å². The molecule has 0 radical (unpaired) electrons. The molecule has 0 aliphatic heterocycles. The molecule has 0 spiro atoms. The van der Waals surface area contributed by atoms with Gasteiger partial charge in [-0.25, -0.2) is 4.68 Å². The molecule has 0 aromatic carbocycles. The minimum atomic E-state index is -0.659. The molecule has 1 rings (SSSR count). The summed E-state index contributed by atoms with van der Waals surface area (Å²) in [6.45, 7) is 8.52. The van der Waals surface area contributed by atoms with Crippen LogP contribution in [0.15, 0.2) is 6.20 Å². The van der Waals surface area contributed by atoms with Gasteiger partial charge in [-0.3, -0.25) is 19.2 Å². The molecule has 1 aromatic heterocycles. The molecule has 0 saturated carbocycles. The predicted octanol–water partition coefficient (Wildman–Crippen LogP) is 0.424. The van der Waals surface area contributed by atoms with E-state index in [4.69, 9.17) is 0 Å². The Morgan fingerprint density at radius 2 is 1.81 bits per heavy atom. The second kappa shape index (κ2) is 10.5. The van der Waals surface area contributed by atoms with Crippen molar-refractivity contribution >= 4 is 23.4 Å². The van der Waals surface area contributed by atoms with Crippen LogP contribution < -0.4 is 10.6 Å². The summed E-state index contributed by atoms with van der Waals surface area (Å²) in [4.78, 5) is 47.0. The number of ketones is 2. The Bertz CT molecular complexity index is 683. The van der Waals surface area contributed by atoms with Gasteiger partial charge in [0.25, 0.3) is 0 Å². The first-order chi connectivity index (χ1) is 12.6. The van der Waals surface area contributed by atoms with E-state index in [0.29, 0.717) is 18.5 Å². The van der Waals surface area contributed by atoms with E-state index in [1.54, 1.807) is 33.9 Å². The third-order valence-corrected chi connectivity index (χ3v) is 4.05. The quantitative estimate of drug-likeness (QED) is 0.574. The summed E-state index contributed by atoms with van der Waals surface area (Å²) in [6.07, 6.45) is 2.49. The number of hydrogen-bond acceptors (Lipinski definition) is 6. The minimum absolute atomic E-state index is 0.0149. The topological polar surface area (TPSA) is 123 Å². The molecule has 0 bridgehead atoms. The van der Waals surface area contributed by atoms with Gasteiger partial charge in [0.05, 0.1) is 18.3 Å². The van der Waals surface area contributed by atoms with Crippen LogP contribution in [0.25, 0.3) is 0 Å². The molecule has 2 amide bonds. The van der Waals surface area contributed by atoms with Crippen molar-refractivity contribution in [2.75, 3.05) is 0 Å². The molecule has 0 saturated heterocycles. The van der Waals surface area contributed by atoms with Crippen LogP contribution in [0.3, 0.4) is 0 Å². The van der Waals surface area contributed by atoms with E-state index in [-0.39, 0.29) is 42.3 Å². The van der Waals surface area contributed by atoms with Gasteiger partial charge in [0, 0.05) is 38.3 Å². The van der Waals surface area contributed by atoms with E-state index in [0.717, 1.165) is 0 Å². The number of amides is 2. The Labute approximate surface area is 159 Å². The fourth-order valence-corrected chi connectivity index (χ4v) is 2.58. The van der Waals surface area contributed by atoms with Crippen molar-refractivity contribution in [2.45, 2.75) is 72.5 Å². The zero-order valence-electron chi connectivity index (χ0n) is 16.6. The van der Waals surface area contributed by atoms with Crippen LogP contribution in [0.2, 0.25) is 0 Å². The Kier molecular flexibility index (Phi) is 8.77. The highest BCUT2D eigenvalue weighted by Gasteiger charge is 2.20. The number of Topliss-reactive ketones (excluding diaryl/α,β-unsaturated/α-hetero) is 2. The number of carbonyl (C=O) groups is 4. The second-order valence-electron chi connectivity index (χ2n) is 6.85. The maximum absolute atomic E-state index is 12.0. The zero-order chi connectivity index (χ0) is 20.6. The summed E-state index contributed by atoms with van der Waals surface area (Å²) in [6, 6.07) is -1.18. The molecule has 1 aromatic rings. The van der Waals surface area contributed by atoms with Gasteiger partial charge in [-0.1, -0.05) is 26.0 Å². The first kappa shape index (κ1) is 22.5. The first-order valence-corrected chi connectivity index (χ1v) is 9.15. The maximum atomic E-state index is 12.0. The third-order valence-electron chi connectivity index (χ3n) is 4.05. The van der Waals surface area contributed by atoms with Crippen LogP contribution in [0.4, 0.5) is 0 Å². The van der Waals surface area contributed by atoms with E-state index in [1.165, 1.54) is 11.6 Å². The largest absolute Gasteiger partial charge is 0.347 e. The normalized spacial score (nSPS) is 13.1. The fraction of sp³-hybridized carbons (Fsp3) is 0.667. The third kappa shape index (κ3) is 7.67. The Balaban J connectivity index is 2.56. The molecular formula is C18H29N5O4. The van der Waals surface area contributed by atoms with Gasteiger partial charge in [0.15, 0.2) is 11.6 Å². The molecule has 1 heterocycles. The van der Waals surface area contributed by atoms with Crippen molar-refractivity contribution in [1.82, 2.24) is 25.6 Å². The molecule has 0 unspecified atom stereocenters. The molecule has 27 heavy (non-hydrogen) atoms. The van der Waals surface area contributed by atoms with Crippen molar-refractivity contribution in [3.63, 3.8) is 0 Å². The Morgan fingerprint density at radius 1 is 1.15 bits per heavy atom. The van der Waals surface area contributed by atoms with Gasteiger partial charge in [-0.2, -0.15) is 0 Å². The Hall–Kier alpha value is -2.58. The molecule has 0 aliphatic rings. The standard InChI is InChI=1S/C18H29N5O4/c1-6-16(25)15(20-13(5)24)10-23-9-14(21-22-23)7-8-17(26)19-12(4)18(27)11(2)3/h9,11-12,15H,6-8,10H2,1-5H3,(H,19,26)(H,20,24)/t12-,15+/m0/s1. The lowest BCUT2D eigenvalue weighted by molar-refractivity contribution is -0.129. The molecule has 150 valence electrons. The average molecular weight is 379 g/mol. The number of hydrogen-bond donors (Lipinski definition) is 2. The summed E-state index contributed by atoms with van der Waals surface area (Å²) in [7, 11) is 0. The minimum Gasteiger partial charge on any atom is -0.347 e. The molecule has 2 atom stereocenters. The summed E-state index contributed by atoms with van der Waals surface area (Å²) < 4.78 is 1.48. The van der Waals surface area contributed by atoms with Crippen molar-refractivity contribution in [3.8, 4) is 0 Å². The molecule has 0 aliphatic carbocycles. The summed E-state index contributed by atoms with van der Waals surface area (Å²) in [5.41, 5.74) is 0.596. The number of rotatable bonds is 11. The van der Waals surface area contributed by atoms with Crippen molar-refractivity contribution in [1.29, 1.82) is 0 Å².